The van der Waals surface area contributed by atoms with Crippen molar-refractivity contribution in [3.63, 3.8) is 0 Å². The average Bonchev–Trinajstić information content (AvgIpc) is 2.45. The van der Waals surface area contributed by atoms with E-state index in [-0.39, 0.29) is 5.60 Å². The fourth-order valence-corrected chi connectivity index (χ4v) is 4.38. The van der Waals surface area contributed by atoms with Gasteiger partial charge in [-0.25, -0.2) is 0 Å². The molecule has 0 amide bonds. The van der Waals surface area contributed by atoms with Crippen LogP contribution in [0.5, 0.6) is 0 Å². The molecule has 2 aliphatic carbocycles. The molecule has 3 fully saturated rings. The lowest BCUT2D eigenvalue weighted by Gasteiger charge is -2.47. The Morgan fingerprint density at radius 3 is 2.42 bits per heavy atom. The number of ketones is 1. The molecule has 3 rings (SSSR count). The molecule has 0 aromatic heterocycles. The Morgan fingerprint density at radius 1 is 1.11 bits per heavy atom. The van der Waals surface area contributed by atoms with Crippen LogP contribution in [0.4, 0.5) is 0 Å². The molecule has 1 aliphatic heterocycles. The van der Waals surface area contributed by atoms with Crippen LogP contribution in [0.2, 0.25) is 0 Å². The molecule has 0 aromatic rings. The Hall–Kier alpha value is -0.370. The predicted octanol–water partition coefficient (Wildman–Crippen LogP) is 4.12. The van der Waals surface area contributed by atoms with Crippen molar-refractivity contribution >= 4 is 5.78 Å². The first kappa shape index (κ1) is 13.6. The van der Waals surface area contributed by atoms with Gasteiger partial charge in [0.05, 0.1) is 5.60 Å². The van der Waals surface area contributed by atoms with E-state index in [1.807, 2.05) is 0 Å². The molecule has 19 heavy (non-hydrogen) atoms. The molecule has 0 N–H and O–H groups in total. The smallest absolute Gasteiger partial charge is 0.139 e. The summed E-state index contributed by atoms with van der Waals surface area (Å²) in [6.45, 7) is 3.10. The maximum atomic E-state index is 12.7. The van der Waals surface area contributed by atoms with E-state index in [9.17, 15) is 4.79 Å². The highest BCUT2D eigenvalue weighted by atomic mass is 16.5. The third-order valence-electron chi connectivity index (χ3n) is 5.99. The summed E-state index contributed by atoms with van der Waals surface area (Å²) in [4.78, 5) is 12.7. The van der Waals surface area contributed by atoms with Crippen LogP contribution in [0.15, 0.2) is 0 Å². The third kappa shape index (κ3) is 2.74. The van der Waals surface area contributed by atoms with Crippen LogP contribution < -0.4 is 0 Å². The fraction of sp³-hybridized carbons (Fsp3) is 0.941. The summed E-state index contributed by atoms with van der Waals surface area (Å²) in [5.74, 6) is 2.17. The van der Waals surface area contributed by atoms with Crippen LogP contribution in [0.1, 0.15) is 71.1 Å². The van der Waals surface area contributed by atoms with E-state index in [0.717, 1.165) is 38.2 Å². The predicted molar refractivity (Wildman–Crippen MR) is 76.0 cm³/mol. The summed E-state index contributed by atoms with van der Waals surface area (Å²) >= 11 is 0. The Balaban J connectivity index is 1.55. The van der Waals surface area contributed by atoms with Gasteiger partial charge in [-0.3, -0.25) is 4.79 Å². The molecule has 3 aliphatic rings. The van der Waals surface area contributed by atoms with Crippen LogP contribution in [0, 0.1) is 17.8 Å². The number of hydrogen-bond donors (Lipinski definition) is 0. The van der Waals surface area contributed by atoms with Crippen molar-refractivity contribution in [2.24, 2.45) is 17.8 Å². The standard InChI is InChI=1S/C17H28O2/c1-2-13-4-6-14(7-5-13)16(18)15-8-11-19-17(12-15)9-3-10-17/h13-15H,2-12H2,1H3. The molecule has 1 atom stereocenters. The summed E-state index contributed by atoms with van der Waals surface area (Å²) < 4.78 is 5.95. The molecule has 2 heteroatoms. The molecular formula is C17H28O2. The summed E-state index contributed by atoms with van der Waals surface area (Å²) in [6.07, 6.45) is 11.8. The molecule has 1 heterocycles. The molecule has 108 valence electrons. The Kier molecular flexibility index (Phi) is 3.98. The minimum absolute atomic E-state index is 0.124. The summed E-state index contributed by atoms with van der Waals surface area (Å²) in [6, 6.07) is 0. The summed E-state index contributed by atoms with van der Waals surface area (Å²) in [7, 11) is 0. The Morgan fingerprint density at radius 2 is 1.84 bits per heavy atom. The highest BCUT2D eigenvalue weighted by molar-refractivity contribution is 5.83. The molecule has 1 saturated heterocycles. The van der Waals surface area contributed by atoms with Crippen molar-refractivity contribution < 1.29 is 9.53 Å². The second-order valence-electron chi connectivity index (χ2n) is 7.10. The van der Waals surface area contributed by atoms with Crippen LogP contribution in [0.25, 0.3) is 0 Å². The number of rotatable bonds is 3. The van der Waals surface area contributed by atoms with Crippen molar-refractivity contribution in [3.05, 3.63) is 0 Å². The Labute approximate surface area is 117 Å². The van der Waals surface area contributed by atoms with E-state index < -0.39 is 0 Å². The lowest BCUT2D eigenvalue weighted by Crippen LogP contribution is -2.48. The second-order valence-corrected chi connectivity index (χ2v) is 7.10. The van der Waals surface area contributed by atoms with Crippen molar-refractivity contribution in [3.8, 4) is 0 Å². The quantitative estimate of drug-likeness (QED) is 0.766. The number of hydrogen-bond acceptors (Lipinski definition) is 2. The van der Waals surface area contributed by atoms with Gasteiger partial charge < -0.3 is 4.74 Å². The highest BCUT2D eigenvalue weighted by Gasteiger charge is 2.45. The number of ether oxygens (including phenoxy) is 1. The van der Waals surface area contributed by atoms with Crippen molar-refractivity contribution in [1.29, 1.82) is 0 Å². The normalized spacial score (nSPS) is 37.8. The summed E-state index contributed by atoms with van der Waals surface area (Å²) in [5, 5.41) is 0. The van der Waals surface area contributed by atoms with E-state index in [2.05, 4.69) is 6.92 Å². The lowest BCUT2D eigenvalue weighted by atomic mass is 9.68. The third-order valence-corrected chi connectivity index (χ3v) is 5.99. The van der Waals surface area contributed by atoms with E-state index in [1.165, 1.54) is 38.5 Å². The van der Waals surface area contributed by atoms with Gasteiger partial charge in [0.2, 0.25) is 0 Å². The molecular weight excluding hydrogens is 236 g/mol. The van der Waals surface area contributed by atoms with E-state index in [1.54, 1.807) is 0 Å². The number of Topliss-reactive ketones (excluding diaryl/α,β-unsaturated/α-hetero) is 1. The zero-order chi connectivity index (χ0) is 13.3. The van der Waals surface area contributed by atoms with Crippen LogP contribution in [0.3, 0.4) is 0 Å². The van der Waals surface area contributed by atoms with E-state index >= 15 is 0 Å². The van der Waals surface area contributed by atoms with Gasteiger partial charge in [0.15, 0.2) is 0 Å². The topological polar surface area (TPSA) is 26.3 Å². The van der Waals surface area contributed by atoms with Crippen molar-refractivity contribution in [1.82, 2.24) is 0 Å². The van der Waals surface area contributed by atoms with Gasteiger partial charge in [-0.2, -0.15) is 0 Å². The van der Waals surface area contributed by atoms with Crippen molar-refractivity contribution in [2.45, 2.75) is 76.7 Å². The van der Waals surface area contributed by atoms with Gasteiger partial charge >= 0.3 is 0 Å². The minimum Gasteiger partial charge on any atom is -0.375 e. The van der Waals surface area contributed by atoms with Gasteiger partial charge in [-0.1, -0.05) is 13.3 Å². The first-order chi connectivity index (χ1) is 9.22. The van der Waals surface area contributed by atoms with Crippen LogP contribution in [-0.4, -0.2) is 18.0 Å². The maximum Gasteiger partial charge on any atom is 0.139 e. The van der Waals surface area contributed by atoms with Gasteiger partial charge in [-0.05, 0) is 63.7 Å². The van der Waals surface area contributed by atoms with Crippen LogP contribution >= 0.6 is 0 Å². The molecule has 1 unspecified atom stereocenters. The van der Waals surface area contributed by atoms with Gasteiger partial charge in [0.25, 0.3) is 0 Å². The molecule has 0 bridgehead atoms. The minimum atomic E-state index is 0.124. The van der Waals surface area contributed by atoms with Gasteiger partial charge in [-0.15, -0.1) is 0 Å². The zero-order valence-electron chi connectivity index (χ0n) is 12.3. The summed E-state index contributed by atoms with van der Waals surface area (Å²) in [5.41, 5.74) is 0.124. The first-order valence-electron chi connectivity index (χ1n) is 8.40. The fourth-order valence-electron chi connectivity index (χ4n) is 4.38. The highest BCUT2D eigenvalue weighted by Crippen LogP contribution is 2.45. The molecule has 0 aromatic carbocycles. The maximum absolute atomic E-state index is 12.7. The zero-order valence-corrected chi connectivity index (χ0v) is 12.3. The van der Waals surface area contributed by atoms with Gasteiger partial charge in [0.1, 0.15) is 5.78 Å². The SMILES string of the molecule is CCC1CCC(C(=O)C2CCOC3(CCC3)C2)CC1. The number of carbonyl (C=O) groups is 1. The average molecular weight is 264 g/mol. The number of carbonyl (C=O) groups excluding carboxylic acids is 1. The second kappa shape index (κ2) is 5.55. The molecule has 2 nitrogen and oxygen atoms in total. The largest absolute Gasteiger partial charge is 0.375 e. The monoisotopic (exact) mass is 264 g/mol. The molecule has 0 radical (unpaired) electrons. The van der Waals surface area contributed by atoms with Crippen molar-refractivity contribution in [2.75, 3.05) is 6.61 Å². The lowest BCUT2D eigenvalue weighted by molar-refractivity contribution is -0.158. The first-order valence-corrected chi connectivity index (χ1v) is 8.40. The Bertz CT molecular complexity index is 324. The van der Waals surface area contributed by atoms with Crippen LogP contribution in [-0.2, 0) is 9.53 Å². The molecule has 1 spiro atoms. The van der Waals surface area contributed by atoms with E-state index in [4.69, 9.17) is 4.74 Å². The van der Waals surface area contributed by atoms with Gasteiger partial charge in [0, 0.05) is 18.4 Å². The van der Waals surface area contributed by atoms with E-state index in [0.29, 0.717) is 17.6 Å². The molecule has 2 saturated carbocycles.